The second-order valence-electron chi connectivity index (χ2n) is 6.81. The fourth-order valence-electron chi connectivity index (χ4n) is 2.92. The molecule has 2 N–H and O–H groups in total. The number of sulfonamides is 1. The van der Waals surface area contributed by atoms with Gasteiger partial charge >= 0.3 is 0 Å². The average molecular weight is 404 g/mol. The normalized spacial score (nSPS) is 12.8. The monoisotopic (exact) mass is 403 g/mol. The zero-order chi connectivity index (χ0) is 20.7. The van der Waals surface area contributed by atoms with Crippen molar-refractivity contribution in [2.45, 2.75) is 31.2 Å². The van der Waals surface area contributed by atoms with Gasteiger partial charge in [-0.15, -0.1) is 0 Å². The quantitative estimate of drug-likeness (QED) is 0.675. The second-order valence-corrected chi connectivity index (χ2v) is 8.58. The highest BCUT2D eigenvalue weighted by molar-refractivity contribution is 7.89. The molecule has 0 aliphatic heterocycles. The van der Waals surface area contributed by atoms with E-state index in [2.05, 4.69) is 46.1 Å². The highest BCUT2D eigenvalue weighted by Crippen LogP contribution is 2.19. The Morgan fingerprint density at radius 1 is 1.00 bits per heavy atom. The molecule has 28 heavy (non-hydrogen) atoms. The molecule has 0 aliphatic rings. The van der Waals surface area contributed by atoms with Gasteiger partial charge in [0.2, 0.25) is 10.0 Å². The Balaban J connectivity index is 2.06. The number of carbonyl (C=O) groups is 1. The highest BCUT2D eigenvalue weighted by Gasteiger charge is 2.17. The van der Waals surface area contributed by atoms with Crippen LogP contribution in [0.2, 0.25) is 0 Å². The molecule has 2 rings (SSSR count). The minimum atomic E-state index is -3.52. The Morgan fingerprint density at radius 3 is 2.11 bits per heavy atom. The molecule has 7 heteroatoms. The summed E-state index contributed by atoms with van der Waals surface area (Å²) in [5, 5.41) is 2.95. The Bertz CT molecular complexity index is 876. The lowest BCUT2D eigenvalue weighted by Crippen LogP contribution is -2.34. The molecule has 0 saturated carbocycles. The minimum Gasteiger partial charge on any atom is -0.350 e. The number of amides is 1. The second kappa shape index (κ2) is 9.82. The molecule has 0 aliphatic carbocycles. The third kappa shape index (κ3) is 5.64. The largest absolute Gasteiger partial charge is 0.350 e. The van der Waals surface area contributed by atoms with Crippen LogP contribution in [-0.4, -0.2) is 46.4 Å². The molecule has 152 valence electrons. The molecule has 0 fully saturated rings. The van der Waals surface area contributed by atoms with Crippen molar-refractivity contribution in [2.24, 2.45) is 0 Å². The molecular formula is C21H29N3O3S. The van der Waals surface area contributed by atoms with E-state index in [0.29, 0.717) is 18.7 Å². The third-order valence-electron chi connectivity index (χ3n) is 4.61. The molecule has 6 nitrogen and oxygen atoms in total. The van der Waals surface area contributed by atoms with E-state index in [1.807, 2.05) is 14.1 Å². The Kier molecular flexibility index (Phi) is 7.74. The van der Waals surface area contributed by atoms with E-state index in [1.54, 1.807) is 6.92 Å². The SMILES string of the molecule is CCNS(=O)(=O)c1ccc(C(=O)NCC(c2ccc(CC)cc2)N(C)C)cc1. The molecule has 0 spiro atoms. The zero-order valence-corrected chi connectivity index (χ0v) is 17.7. The summed E-state index contributed by atoms with van der Waals surface area (Å²) in [5.41, 5.74) is 2.83. The summed E-state index contributed by atoms with van der Waals surface area (Å²) in [6.07, 6.45) is 0.989. The summed E-state index contributed by atoms with van der Waals surface area (Å²) in [7, 11) is 0.434. The van der Waals surface area contributed by atoms with Crippen LogP contribution in [0.5, 0.6) is 0 Å². The summed E-state index contributed by atoms with van der Waals surface area (Å²) < 4.78 is 26.4. The van der Waals surface area contributed by atoms with Gasteiger partial charge in [-0.1, -0.05) is 38.1 Å². The van der Waals surface area contributed by atoms with E-state index in [9.17, 15) is 13.2 Å². The van der Waals surface area contributed by atoms with Gasteiger partial charge in [-0.25, -0.2) is 13.1 Å². The smallest absolute Gasteiger partial charge is 0.251 e. The summed E-state index contributed by atoms with van der Waals surface area (Å²) in [5.74, 6) is -0.232. The predicted octanol–water partition coefficient (Wildman–Crippen LogP) is 2.58. The van der Waals surface area contributed by atoms with Gasteiger partial charge in [-0.05, 0) is 55.9 Å². The van der Waals surface area contributed by atoms with E-state index in [0.717, 1.165) is 12.0 Å². The number of hydrogen-bond donors (Lipinski definition) is 2. The lowest BCUT2D eigenvalue weighted by molar-refractivity contribution is 0.0942. The number of nitrogens with one attached hydrogen (secondary N) is 2. The Hall–Kier alpha value is -2.22. The van der Waals surface area contributed by atoms with Gasteiger partial charge in [0.1, 0.15) is 0 Å². The van der Waals surface area contributed by atoms with E-state index < -0.39 is 10.0 Å². The van der Waals surface area contributed by atoms with Gasteiger partial charge < -0.3 is 10.2 Å². The van der Waals surface area contributed by atoms with Crippen molar-refractivity contribution in [3.8, 4) is 0 Å². The first-order valence-corrected chi connectivity index (χ1v) is 10.9. The number of likely N-dealkylation sites (N-methyl/N-ethyl adjacent to an activating group) is 1. The topological polar surface area (TPSA) is 78.5 Å². The maximum Gasteiger partial charge on any atom is 0.251 e. The first-order chi connectivity index (χ1) is 13.3. The Labute approximate surface area is 168 Å². The lowest BCUT2D eigenvalue weighted by atomic mass is 10.0. The molecule has 2 aromatic carbocycles. The van der Waals surface area contributed by atoms with Crippen molar-refractivity contribution < 1.29 is 13.2 Å². The number of nitrogens with zero attached hydrogens (tertiary/aromatic N) is 1. The van der Waals surface area contributed by atoms with Crippen molar-refractivity contribution >= 4 is 15.9 Å². The van der Waals surface area contributed by atoms with Crippen LogP contribution in [0.25, 0.3) is 0 Å². The molecule has 0 bridgehead atoms. The fourth-order valence-corrected chi connectivity index (χ4v) is 3.97. The molecule has 0 heterocycles. The van der Waals surface area contributed by atoms with Crippen LogP contribution in [0, 0.1) is 0 Å². The van der Waals surface area contributed by atoms with Crippen LogP contribution >= 0.6 is 0 Å². The van der Waals surface area contributed by atoms with E-state index in [4.69, 9.17) is 0 Å². The van der Waals surface area contributed by atoms with Crippen LogP contribution in [-0.2, 0) is 16.4 Å². The highest BCUT2D eigenvalue weighted by atomic mass is 32.2. The van der Waals surface area contributed by atoms with Gasteiger partial charge in [0.25, 0.3) is 5.91 Å². The summed E-state index contributed by atoms with van der Waals surface area (Å²) in [6.45, 7) is 4.61. The van der Waals surface area contributed by atoms with Crippen LogP contribution in [0.3, 0.4) is 0 Å². The van der Waals surface area contributed by atoms with E-state index in [-0.39, 0.29) is 16.8 Å². The average Bonchev–Trinajstić information content (AvgIpc) is 2.68. The number of hydrogen-bond acceptors (Lipinski definition) is 4. The number of aryl methyl sites for hydroxylation is 1. The molecule has 2 aromatic rings. The van der Waals surface area contributed by atoms with Crippen LogP contribution in [0.1, 0.15) is 41.4 Å². The fraction of sp³-hybridized carbons (Fsp3) is 0.381. The summed E-state index contributed by atoms with van der Waals surface area (Å²) in [4.78, 5) is 14.7. The van der Waals surface area contributed by atoms with Crippen LogP contribution in [0.15, 0.2) is 53.4 Å². The maximum absolute atomic E-state index is 12.5. The predicted molar refractivity (Wildman–Crippen MR) is 112 cm³/mol. The van der Waals surface area contributed by atoms with Gasteiger partial charge in [0, 0.05) is 18.7 Å². The molecule has 0 saturated heterocycles. The summed E-state index contributed by atoms with van der Waals surface area (Å²) in [6, 6.07) is 14.4. The van der Waals surface area contributed by atoms with E-state index in [1.165, 1.54) is 29.8 Å². The van der Waals surface area contributed by atoms with Crippen LogP contribution in [0.4, 0.5) is 0 Å². The van der Waals surface area contributed by atoms with Gasteiger partial charge in [-0.2, -0.15) is 0 Å². The molecule has 1 unspecified atom stereocenters. The van der Waals surface area contributed by atoms with Crippen LogP contribution < -0.4 is 10.0 Å². The van der Waals surface area contributed by atoms with Crippen molar-refractivity contribution in [3.05, 3.63) is 65.2 Å². The first-order valence-electron chi connectivity index (χ1n) is 9.41. The van der Waals surface area contributed by atoms with Crippen molar-refractivity contribution in [3.63, 3.8) is 0 Å². The van der Waals surface area contributed by atoms with Gasteiger partial charge in [0.15, 0.2) is 0 Å². The van der Waals surface area contributed by atoms with Crippen molar-refractivity contribution in [2.75, 3.05) is 27.2 Å². The Morgan fingerprint density at radius 2 is 1.61 bits per heavy atom. The van der Waals surface area contributed by atoms with E-state index >= 15 is 0 Å². The molecule has 0 aromatic heterocycles. The maximum atomic E-state index is 12.5. The molecule has 1 amide bonds. The summed E-state index contributed by atoms with van der Waals surface area (Å²) >= 11 is 0. The minimum absolute atomic E-state index is 0.0447. The molecule has 0 radical (unpaired) electrons. The molecule has 1 atom stereocenters. The van der Waals surface area contributed by atoms with Gasteiger partial charge in [-0.3, -0.25) is 4.79 Å². The number of rotatable bonds is 9. The lowest BCUT2D eigenvalue weighted by Gasteiger charge is -2.25. The standard InChI is InChI=1S/C21H29N3O3S/c1-5-16-7-9-17(10-8-16)20(24(3)4)15-22-21(25)18-11-13-19(14-12-18)28(26,27)23-6-2/h7-14,20,23H,5-6,15H2,1-4H3,(H,22,25). The molecular weight excluding hydrogens is 374 g/mol. The zero-order valence-electron chi connectivity index (χ0n) is 16.9. The number of carbonyl (C=O) groups excluding carboxylic acids is 1. The number of benzene rings is 2. The third-order valence-corrected chi connectivity index (χ3v) is 6.17. The van der Waals surface area contributed by atoms with Crippen molar-refractivity contribution in [1.82, 2.24) is 14.9 Å². The van der Waals surface area contributed by atoms with Gasteiger partial charge in [0.05, 0.1) is 10.9 Å². The first kappa shape index (κ1) is 22.1. The van der Waals surface area contributed by atoms with Crippen molar-refractivity contribution in [1.29, 1.82) is 0 Å².